The first-order valence-electron chi connectivity index (χ1n) is 12.0. The second kappa shape index (κ2) is 8.88. The molecule has 5 heterocycles. The van der Waals surface area contributed by atoms with Gasteiger partial charge in [-0.05, 0) is 31.0 Å². The lowest BCUT2D eigenvalue weighted by Crippen LogP contribution is -2.48. The number of fused-ring (bicyclic) bond motifs is 3. The Hall–Kier alpha value is -3.59. The van der Waals surface area contributed by atoms with E-state index in [1.807, 2.05) is 51.9 Å². The fraction of sp³-hybridized carbons (Fsp3) is 0.346. The minimum absolute atomic E-state index is 0.105. The summed E-state index contributed by atoms with van der Waals surface area (Å²) in [6, 6.07) is 16.6. The van der Waals surface area contributed by atoms with Crippen LogP contribution in [0.25, 0.3) is 16.9 Å². The van der Waals surface area contributed by atoms with E-state index < -0.39 is 6.43 Å². The Bertz CT molecular complexity index is 1330. The maximum absolute atomic E-state index is 13.0. The van der Waals surface area contributed by atoms with E-state index in [4.69, 9.17) is 4.98 Å². The van der Waals surface area contributed by atoms with Crippen LogP contribution < -0.4 is 10.2 Å². The molecule has 0 radical (unpaired) electrons. The number of imidazole rings is 1. The number of nitrogens with one attached hydrogen (secondary N) is 1. The highest BCUT2D eigenvalue weighted by molar-refractivity contribution is 5.68. The highest BCUT2D eigenvalue weighted by atomic mass is 19.3. The molecule has 0 amide bonds. The van der Waals surface area contributed by atoms with Crippen LogP contribution in [0.5, 0.6) is 0 Å². The number of anilines is 2. The van der Waals surface area contributed by atoms with Crippen molar-refractivity contribution < 1.29 is 8.78 Å². The Labute approximate surface area is 202 Å². The van der Waals surface area contributed by atoms with Gasteiger partial charge in [0.2, 0.25) is 5.95 Å². The number of benzene rings is 1. The smallest absolute Gasteiger partial charge is 0.251 e. The van der Waals surface area contributed by atoms with Crippen LogP contribution in [0, 0.1) is 0 Å². The zero-order chi connectivity index (χ0) is 23.9. The minimum Gasteiger partial charge on any atom is -0.364 e. The lowest BCUT2D eigenvalue weighted by Gasteiger charge is -2.34. The summed E-state index contributed by atoms with van der Waals surface area (Å²) in [4.78, 5) is 18.2. The van der Waals surface area contributed by atoms with E-state index >= 15 is 0 Å². The number of rotatable bonds is 7. The van der Waals surface area contributed by atoms with E-state index in [1.165, 1.54) is 5.56 Å². The second-order valence-corrected chi connectivity index (χ2v) is 9.34. The third-order valence-electron chi connectivity index (χ3n) is 7.07. The zero-order valence-corrected chi connectivity index (χ0v) is 19.4. The fourth-order valence-corrected chi connectivity index (χ4v) is 5.37. The number of nitrogens with zero attached hydrogens (tertiary/aromatic N) is 6. The van der Waals surface area contributed by atoms with Gasteiger partial charge in [0, 0.05) is 61.4 Å². The Morgan fingerprint density at radius 3 is 2.66 bits per heavy atom. The Balaban J connectivity index is 1.29. The first-order chi connectivity index (χ1) is 17.0. The molecule has 2 aliphatic heterocycles. The van der Waals surface area contributed by atoms with Crippen molar-refractivity contribution in [1.82, 2.24) is 24.3 Å². The van der Waals surface area contributed by atoms with Gasteiger partial charge in [-0.2, -0.15) is 0 Å². The van der Waals surface area contributed by atoms with Gasteiger partial charge < -0.3 is 10.2 Å². The van der Waals surface area contributed by atoms with Crippen LogP contribution in [0.15, 0.2) is 67.1 Å². The molecule has 2 bridgehead atoms. The monoisotopic (exact) mass is 475 g/mol. The molecular weight excluding hydrogens is 448 g/mol. The third kappa shape index (κ3) is 4.20. The Morgan fingerprint density at radius 1 is 1.03 bits per heavy atom. The molecule has 3 atom stereocenters. The minimum atomic E-state index is -2.30. The van der Waals surface area contributed by atoms with E-state index in [2.05, 4.69) is 39.2 Å². The van der Waals surface area contributed by atoms with E-state index in [1.54, 1.807) is 12.4 Å². The molecule has 2 fully saturated rings. The lowest BCUT2D eigenvalue weighted by molar-refractivity contribution is 0.0790. The van der Waals surface area contributed by atoms with Crippen molar-refractivity contribution in [2.75, 3.05) is 29.9 Å². The first-order valence-corrected chi connectivity index (χ1v) is 12.0. The van der Waals surface area contributed by atoms with Gasteiger partial charge in [-0.25, -0.2) is 23.7 Å². The van der Waals surface area contributed by atoms with Gasteiger partial charge in [0.15, 0.2) is 0 Å². The predicted molar refractivity (Wildman–Crippen MR) is 132 cm³/mol. The SMILES string of the molecule is C[C@H](Nc1cc(-c2cc3nccn3c(N3CC4CC3CN4CC(F)F)n2)ccn1)c1ccccc1. The average Bonchev–Trinajstić information content (AvgIpc) is 3.59. The topological polar surface area (TPSA) is 61.6 Å². The number of hydrogen-bond donors (Lipinski definition) is 1. The molecule has 2 unspecified atom stereocenters. The van der Waals surface area contributed by atoms with Crippen molar-refractivity contribution in [3.8, 4) is 11.3 Å². The Kier molecular flexibility index (Phi) is 5.56. The van der Waals surface area contributed by atoms with Crippen LogP contribution >= 0.6 is 0 Å². The molecule has 6 rings (SSSR count). The highest BCUT2D eigenvalue weighted by Gasteiger charge is 2.45. The van der Waals surface area contributed by atoms with Gasteiger partial charge in [0.05, 0.1) is 12.2 Å². The fourth-order valence-electron chi connectivity index (χ4n) is 5.37. The molecule has 2 saturated heterocycles. The number of alkyl halides is 2. The molecule has 1 aromatic carbocycles. The quantitative estimate of drug-likeness (QED) is 0.425. The normalized spacial score (nSPS) is 20.7. The molecule has 4 aromatic rings. The molecule has 0 spiro atoms. The molecule has 7 nitrogen and oxygen atoms in total. The predicted octanol–water partition coefficient (Wildman–Crippen LogP) is 4.49. The maximum atomic E-state index is 13.0. The van der Waals surface area contributed by atoms with E-state index in [-0.39, 0.29) is 24.7 Å². The molecule has 1 N–H and O–H groups in total. The molecule has 180 valence electrons. The molecule has 35 heavy (non-hydrogen) atoms. The van der Waals surface area contributed by atoms with E-state index in [0.29, 0.717) is 13.1 Å². The van der Waals surface area contributed by atoms with Crippen LogP contribution in [0.3, 0.4) is 0 Å². The van der Waals surface area contributed by atoms with Crippen molar-refractivity contribution in [2.45, 2.75) is 37.9 Å². The van der Waals surface area contributed by atoms with Gasteiger partial charge >= 0.3 is 0 Å². The largest absolute Gasteiger partial charge is 0.364 e. The van der Waals surface area contributed by atoms with Crippen molar-refractivity contribution in [1.29, 1.82) is 0 Å². The number of piperazine rings is 1. The summed E-state index contributed by atoms with van der Waals surface area (Å²) in [5, 5.41) is 3.48. The highest BCUT2D eigenvalue weighted by Crippen LogP contribution is 2.35. The van der Waals surface area contributed by atoms with Gasteiger partial charge in [0.1, 0.15) is 11.5 Å². The summed E-state index contributed by atoms with van der Waals surface area (Å²) in [6.07, 6.45) is 4.04. The van der Waals surface area contributed by atoms with Gasteiger partial charge in [-0.1, -0.05) is 30.3 Å². The number of likely N-dealkylation sites (tertiary alicyclic amines) is 1. The van der Waals surface area contributed by atoms with Crippen molar-refractivity contribution in [2.24, 2.45) is 0 Å². The summed E-state index contributed by atoms with van der Waals surface area (Å²) in [6.45, 7) is 3.28. The number of halogens is 2. The van der Waals surface area contributed by atoms with Crippen LogP contribution in [-0.4, -0.2) is 62.4 Å². The standard InChI is InChI=1S/C26H27F2N7/c1-17(18-5-3-2-4-6-18)31-24-11-19(7-8-29-24)22-13-25-30-9-10-34(25)26(32-22)35-15-20-12-21(35)14-33(20)16-23(27)28/h2-11,13,17,20-21,23H,12,14-16H2,1H3,(H,29,31)/t17-,20?,21?/m0/s1. The van der Waals surface area contributed by atoms with Crippen molar-refractivity contribution in [3.63, 3.8) is 0 Å². The molecule has 0 saturated carbocycles. The summed E-state index contributed by atoms with van der Waals surface area (Å²) in [5.74, 6) is 1.58. The second-order valence-electron chi connectivity index (χ2n) is 9.34. The summed E-state index contributed by atoms with van der Waals surface area (Å²) in [5.41, 5.74) is 3.74. The van der Waals surface area contributed by atoms with Crippen molar-refractivity contribution >= 4 is 17.4 Å². The van der Waals surface area contributed by atoms with Crippen LogP contribution in [-0.2, 0) is 0 Å². The zero-order valence-electron chi connectivity index (χ0n) is 19.4. The number of hydrogen-bond acceptors (Lipinski definition) is 6. The maximum Gasteiger partial charge on any atom is 0.251 e. The summed E-state index contributed by atoms with van der Waals surface area (Å²) >= 11 is 0. The van der Waals surface area contributed by atoms with Gasteiger partial charge in [0.25, 0.3) is 6.43 Å². The first kappa shape index (κ1) is 21.9. The molecule has 2 aliphatic rings. The van der Waals surface area contributed by atoms with Crippen LogP contribution in [0.1, 0.15) is 24.9 Å². The number of aromatic nitrogens is 4. The van der Waals surface area contributed by atoms with Gasteiger partial charge in [-0.15, -0.1) is 0 Å². The molecule has 9 heteroatoms. The third-order valence-corrected chi connectivity index (χ3v) is 7.07. The van der Waals surface area contributed by atoms with Crippen molar-refractivity contribution in [3.05, 3.63) is 72.7 Å². The molecule has 0 aliphatic carbocycles. The van der Waals surface area contributed by atoms with Gasteiger partial charge in [-0.3, -0.25) is 9.30 Å². The van der Waals surface area contributed by atoms with Crippen LogP contribution in [0.4, 0.5) is 20.5 Å². The average molecular weight is 476 g/mol. The summed E-state index contributed by atoms with van der Waals surface area (Å²) < 4.78 is 27.9. The van der Waals surface area contributed by atoms with E-state index in [0.717, 1.165) is 35.1 Å². The molecule has 3 aromatic heterocycles. The lowest BCUT2D eigenvalue weighted by atomic mass is 10.1. The Morgan fingerprint density at radius 2 is 1.89 bits per heavy atom. The molecular formula is C26H27F2N7. The summed E-state index contributed by atoms with van der Waals surface area (Å²) in [7, 11) is 0. The number of pyridine rings is 1. The van der Waals surface area contributed by atoms with E-state index in [9.17, 15) is 8.78 Å². The van der Waals surface area contributed by atoms with Crippen LogP contribution in [0.2, 0.25) is 0 Å².